The largest absolute Gasteiger partial charge is 0.497 e. The van der Waals surface area contributed by atoms with Gasteiger partial charge in [0.1, 0.15) is 5.75 Å². The SMILES string of the molecule is CCOC(=O)CSc1nnc(-c2ccc(OC)cc2)n1[C@H]1CCCC[C@@H]1C. The number of carbonyl (C=O) groups is 1. The predicted octanol–water partition coefficient (Wildman–Crippen LogP) is 4.36. The summed E-state index contributed by atoms with van der Waals surface area (Å²) in [7, 11) is 1.66. The fourth-order valence-corrected chi connectivity index (χ4v) is 4.41. The fraction of sp³-hybridized carbons (Fsp3) is 0.550. The van der Waals surface area contributed by atoms with Gasteiger partial charge in [-0.1, -0.05) is 31.5 Å². The van der Waals surface area contributed by atoms with Crippen molar-refractivity contribution in [3.05, 3.63) is 24.3 Å². The lowest BCUT2D eigenvalue weighted by Gasteiger charge is -2.31. The van der Waals surface area contributed by atoms with Gasteiger partial charge in [-0.15, -0.1) is 10.2 Å². The van der Waals surface area contributed by atoms with E-state index in [0.717, 1.165) is 28.7 Å². The lowest BCUT2D eigenvalue weighted by Crippen LogP contribution is -2.23. The van der Waals surface area contributed by atoms with Crippen LogP contribution in [0.5, 0.6) is 5.75 Å². The molecule has 1 saturated carbocycles. The molecule has 1 fully saturated rings. The number of aromatic nitrogens is 3. The summed E-state index contributed by atoms with van der Waals surface area (Å²) in [6.45, 7) is 4.50. The summed E-state index contributed by atoms with van der Waals surface area (Å²) in [5, 5.41) is 9.67. The molecule has 1 heterocycles. The maximum absolute atomic E-state index is 11.8. The Morgan fingerprint density at radius 2 is 1.96 bits per heavy atom. The third kappa shape index (κ3) is 4.64. The molecular formula is C20H27N3O3S. The molecule has 0 amide bonds. The van der Waals surface area contributed by atoms with Crippen molar-refractivity contribution in [2.45, 2.75) is 50.7 Å². The van der Waals surface area contributed by atoms with Gasteiger partial charge < -0.3 is 9.47 Å². The average Bonchev–Trinajstić information content (AvgIpc) is 3.11. The second-order valence-corrected chi connectivity index (χ2v) is 7.77. The molecule has 7 heteroatoms. The van der Waals surface area contributed by atoms with Gasteiger partial charge in [-0.05, 0) is 49.9 Å². The van der Waals surface area contributed by atoms with E-state index in [1.54, 1.807) is 7.11 Å². The Morgan fingerprint density at radius 1 is 1.22 bits per heavy atom. The van der Waals surface area contributed by atoms with Gasteiger partial charge in [0.05, 0.1) is 19.5 Å². The summed E-state index contributed by atoms with van der Waals surface area (Å²) in [5.41, 5.74) is 1.00. The Bertz CT molecular complexity index is 760. The van der Waals surface area contributed by atoms with Crippen LogP contribution in [0.25, 0.3) is 11.4 Å². The summed E-state index contributed by atoms with van der Waals surface area (Å²) in [5.74, 6) is 2.24. The Hall–Kier alpha value is -2.02. The first kappa shape index (κ1) is 19.7. The van der Waals surface area contributed by atoms with Crippen LogP contribution in [0.1, 0.15) is 45.6 Å². The summed E-state index contributed by atoms with van der Waals surface area (Å²) >= 11 is 1.40. The second-order valence-electron chi connectivity index (χ2n) is 6.83. The molecule has 0 N–H and O–H groups in total. The molecule has 0 unspecified atom stereocenters. The zero-order valence-corrected chi connectivity index (χ0v) is 17.0. The van der Waals surface area contributed by atoms with Crippen LogP contribution in [0, 0.1) is 5.92 Å². The lowest BCUT2D eigenvalue weighted by atomic mass is 9.85. The Kier molecular flexibility index (Phi) is 6.77. The second kappa shape index (κ2) is 9.26. The van der Waals surface area contributed by atoms with E-state index < -0.39 is 0 Å². The molecule has 146 valence electrons. The molecule has 1 aromatic carbocycles. The Labute approximate surface area is 164 Å². The average molecular weight is 390 g/mol. The van der Waals surface area contributed by atoms with Crippen LogP contribution in [0.3, 0.4) is 0 Å². The van der Waals surface area contributed by atoms with Crippen molar-refractivity contribution < 1.29 is 14.3 Å². The summed E-state index contributed by atoms with van der Waals surface area (Å²) < 4.78 is 12.6. The number of hydrogen-bond acceptors (Lipinski definition) is 6. The molecule has 1 aliphatic rings. The molecule has 0 bridgehead atoms. The molecule has 2 atom stereocenters. The number of benzene rings is 1. The van der Waals surface area contributed by atoms with E-state index >= 15 is 0 Å². The molecule has 0 aliphatic heterocycles. The first-order valence-electron chi connectivity index (χ1n) is 9.51. The van der Waals surface area contributed by atoms with Crippen molar-refractivity contribution in [2.75, 3.05) is 19.5 Å². The molecule has 1 aliphatic carbocycles. The number of methoxy groups -OCH3 is 1. The molecule has 0 radical (unpaired) electrons. The highest BCUT2D eigenvalue weighted by atomic mass is 32.2. The number of nitrogens with zero attached hydrogens (tertiary/aromatic N) is 3. The van der Waals surface area contributed by atoms with Crippen molar-refractivity contribution in [1.29, 1.82) is 0 Å². The van der Waals surface area contributed by atoms with Crippen LogP contribution in [0.2, 0.25) is 0 Å². The third-order valence-corrected chi connectivity index (χ3v) is 5.95. The van der Waals surface area contributed by atoms with Crippen molar-refractivity contribution in [3.63, 3.8) is 0 Å². The van der Waals surface area contributed by atoms with Crippen LogP contribution in [-0.2, 0) is 9.53 Å². The number of thioether (sulfide) groups is 1. The molecule has 27 heavy (non-hydrogen) atoms. The normalized spacial score (nSPS) is 19.7. The van der Waals surface area contributed by atoms with Gasteiger partial charge in [-0.3, -0.25) is 9.36 Å². The summed E-state index contributed by atoms with van der Waals surface area (Å²) in [6.07, 6.45) is 4.78. The first-order chi connectivity index (χ1) is 13.1. The molecular weight excluding hydrogens is 362 g/mol. The van der Waals surface area contributed by atoms with Gasteiger partial charge in [-0.2, -0.15) is 0 Å². The van der Waals surface area contributed by atoms with E-state index in [0.29, 0.717) is 18.6 Å². The molecule has 6 nitrogen and oxygen atoms in total. The highest BCUT2D eigenvalue weighted by Gasteiger charge is 2.29. The van der Waals surface area contributed by atoms with E-state index in [4.69, 9.17) is 9.47 Å². The zero-order chi connectivity index (χ0) is 19.2. The minimum Gasteiger partial charge on any atom is -0.497 e. The van der Waals surface area contributed by atoms with Crippen LogP contribution in [0.4, 0.5) is 0 Å². The van der Waals surface area contributed by atoms with Crippen LogP contribution >= 0.6 is 11.8 Å². The van der Waals surface area contributed by atoms with Gasteiger partial charge in [0.2, 0.25) is 0 Å². The van der Waals surface area contributed by atoms with Crippen LogP contribution in [-0.4, -0.2) is 40.2 Å². The number of rotatable bonds is 7. The number of carbonyl (C=O) groups excluding carboxylic acids is 1. The topological polar surface area (TPSA) is 66.2 Å². The molecule has 1 aromatic heterocycles. The van der Waals surface area contributed by atoms with E-state index in [2.05, 4.69) is 21.7 Å². The molecule has 0 spiro atoms. The standard InChI is InChI=1S/C20H27N3O3S/c1-4-26-18(24)13-27-20-22-21-19(15-9-11-16(25-3)12-10-15)23(20)17-8-6-5-7-14(17)2/h9-12,14,17H,4-8,13H2,1-3H3/t14-,17-/m0/s1. The third-order valence-electron chi connectivity index (χ3n) is 5.04. The van der Waals surface area contributed by atoms with Gasteiger partial charge in [0.15, 0.2) is 11.0 Å². The highest BCUT2D eigenvalue weighted by molar-refractivity contribution is 7.99. The number of ether oxygens (including phenoxy) is 2. The maximum atomic E-state index is 11.8. The molecule has 2 aromatic rings. The monoisotopic (exact) mass is 389 g/mol. The first-order valence-corrected chi connectivity index (χ1v) is 10.5. The molecule has 0 saturated heterocycles. The van der Waals surface area contributed by atoms with E-state index in [1.807, 2.05) is 31.2 Å². The fourth-order valence-electron chi connectivity index (χ4n) is 3.62. The summed E-state index contributed by atoms with van der Waals surface area (Å²) in [6, 6.07) is 8.23. The van der Waals surface area contributed by atoms with Gasteiger partial charge >= 0.3 is 5.97 Å². The highest BCUT2D eigenvalue weighted by Crippen LogP contribution is 2.39. The van der Waals surface area contributed by atoms with Crippen molar-refractivity contribution in [3.8, 4) is 17.1 Å². The lowest BCUT2D eigenvalue weighted by molar-refractivity contribution is -0.139. The van der Waals surface area contributed by atoms with Crippen molar-refractivity contribution in [2.24, 2.45) is 5.92 Å². The van der Waals surface area contributed by atoms with E-state index in [-0.39, 0.29) is 11.7 Å². The quantitative estimate of drug-likeness (QED) is 0.518. The van der Waals surface area contributed by atoms with Crippen molar-refractivity contribution >= 4 is 17.7 Å². The van der Waals surface area contributed by atoms with E-state index in [9.17, 15) is 4.79 Å². The van der Waals surface area contributed by atoms with Crippen LogP contribution in [0.15, 0.2) is 29.4 Å². The molecule has 3 rings (SSSR count). The smallest absolute Gasteiger partial charge is 0.316 e. The Balaban J connectivity index is 1.93. The maximum Gasteiger partial charge on any atom is 0.316 e. The zero-order valence-electron chi connectivity index (χ0n) is 16.2. The summed E-state index contributed by atoms with van der Waals surface area (Å²) in [4.78, 5) is 11.8. The van der Waals surface area contributed by atoms with Crippen molar-refractivity contribution in [1.82, 2.24) is 14.8 Å². The number of esters is 1. The minimum atomic E-state index is -0.222. The minimum absolute atomic E-state index is 0.222. The van der Waals surface area contributed by atoms with E-state index in [1.165, 1.54) is 31.0 Å². The van der Waals surface area contributed by atoms with Crippen LogP contribution < -0.4 is 4.74 Å². The van der Waals surface area contributed by atoms with Gasteiger partial charge in [0, 0.05) is 11.6 Å². The predicted molar refractivity (Wildman–Crippen MR) is 106 cm³/mol. The number of hydrogen-bond donors (Lipinski definition) is 0. The van der Waals surface area contributed by atoms with Gasteiger partial charge in [0.25, 0.3) is 0 Å². The van der Waals surface area contributed by atoms with Gasteiger partial charge in [-0.25, -0.2) is 0 Å². The Morgan fingerprint density at radius 3 is 2.63 bits per heavy atom.